The molecule has 25 nitrogen and oxygen atoms in total. The molecule has 16 aliphatic rings. The molecule has 16 rings (SSSR count). The van der Waals surface area contributed by atoms with Crippen LogP contribution in [0.15, 0.2) is 24.3 Å². The van der Waals surface area contributed by atoms with Crippen LogP contribution < -0.4 is 28.8 Å². The van der Waals surface area contributed by atoms with Gasteiger partial charge in [-0.3, -0.25) is 62.6 Å². The first kappa shape index (κ1) is 88.4. The number of hydrogen-bond acceptors (Lipinski definition) is 19. The Morgan fingerprint density at radius 3 is 0.990 bits per heavy atom. The van der Waals surface area contributed by atoms with Crippen LogP contribution in [0.3, 0.4) is 0 Å². The molecule has 584 valence electrons. The predicted octanol–water partition coefficient (Wildman–Crippen LogP) is 4.65. The number of halogens is 1. The molecule has 103 heavy (non-hydrogen) atoms. The molecular weight excluding hydrogens is 1370 g/mol. The van der Waals surface area contributed by atoms with E-state index in [2.05, 4.69) is 21.2 Å². The smallest absolute Gasteiger partial charge is 0.335 e. The maximum atomic E-state index is 12.4. The molecule has 12 saturated carbocycles. The molecule has 12 aliphatic carbocycles. The average molecular weight is 1490 g/mol. The molecule has 0 radical (unpaired) electrons. The van der Waals surface area contributed by atoms with Crippen LogP contribution in [-0.2, 0) is 86.0 Å². The summed E-state index contributed by atoms with van der Waals surface area (Å²) in [6.07, 6.45) is 32.0. The van der Waals surface area contributed by atoms with Crippen LogP contribution in [0.25, 0.3) is 0 Å². The van der Waals surface area contributed by atoms with Crippen molar-refractivity contribution in [2.24, 2.45) is 53.3 Å². The monoisotopic (exact) mass is 1490 g/mol. The Morgan fingerprint density at radius 2 is 0.699 bits per heavy atom. The number of thioether (sulfide) groups is 1. The predicted molar refractivity (Wildman–Crippen MR) is 384 cm³/mol. The van der Waals surface area contributed by atoms with Gasteiger partial charge < -0.3 is 62.0 Å². The molecule has 5 N–H and O–H groups in total. The minimum absolute atomic E-state index is 0. The normalized spacial score (nSPS) is 30.0. The number of ether oxygens (including phenoxy) is 6. The minimum Gasteiger partial charge on any atom is -1.00 e. The molecule has 4 aliphatic heterocycles. The number of nitrogens with zero attached hydrogens (tertiary/aromatic N) is 4. The lowest BCUT2D eigenvalue weighted by Gasteiger charge is -2.57. The Balaban J connectivity index is 0.000000246. The Hall–Kier alpha value is -5.19. The topological polar surface area (TPSA) is 317 Å². The van der Waals surface area contributed by atoms with Crippen LogP contribution in [0.5, 0.6) is 0 Å². The second kappa shape index (κ2) is 44.8. The van der Waals surface area contributed by atoms with Crippen molar-refractivity contribution in [3.8, 4) is 0 Å². The SMILES string of the molecule is CC.CC.CC.CC.CSC1CC(=O)N(CCOCCOCCC(=O)NC23CC4CC(CC(C4)C2)C3)C1=O.O=C(CCOCCOCCN1C(=O)C=CC1=O)NC12CC3CC(CC(C3)C1)C2.O=C(CCOCCOCCN1C(=O)C=CC1=O)ON1C(=O)CCC1=O.[Cl-].[NH3+]C12CC3CC(CC(C3)C1)C2. The molecule has 4 heterocycles. The highest BCUT2D eigenvalue weighted by atomic mass is 35.5. The Labute approximate surface area is 622 Å². The van der Waals surface area contributed by atoms with Gasteiger partial charge in [0.05, 0.1) is 116 Å². The standard InChI is InChI=1S/C22H34N2O5S.C21H30N2O5.C15H18N2O8.C10H17N.4C2H6.ClH/c1-30-18-11-20(26)24(21(18)27)3-5-29-7-6-28-4-2-19(25)23-22-12-15-8-16(13-22)10-17(9-15)14-22;24-18(22-21-12-15-9-16(13-21)11-17(10-15)14-21)3-5-27-7-8-28-6-4-23-19(25)1-2-20(23)26;18-11-1-2-12(19)16(11)6-8-24-10-9-23-7-5-15(22)25-17-13(20)3-4-14(17)21;11-10-4-7-1-8(5-10)3-9(2-7)6-10;4*1-2;/h15-18H,2-14H2,1H3,(H,23,25);1-2,15-17H,3-14H2,(H,22,24);1-2H,3-10H2;7-9H,1-6,11H2;4*1-2H3;1H. The molecule has 27 heteroatoms. The van der Waals surface area contributed by atoms with E-state index >= 15 is 0 Å². The number of rotatable bonds is 31. The molecular formula is C76H124ClN7O18S. The van der Waals surface area contributed by atoms with Crippen molar-refractivity contribution in [3.63, 3.8) is 0 Å². The van der Waals surface area contributed by atoms with Gasteiger partial charge >= 0.3 is 5.97 Å². The maximum Gasteiger partial charge on any atom is 0.335 e. The van der Waals surface area contributed by atoms with E-state index in [1.165, 1.54) is 118 Å². The zero-order chi connectivity index (χ0) is 74.4. The summed E-state index contributed by atoms with van der Waals surface area (Å²) in [6.45, 7) is 20.3. The second-order valence-electron chi connectivity index (χ2n) is 29.0. The van der Waals surface area contributed by atoms with E-state index in [0.29, 0.717) is 76.2 Å². The highest BCUT2D eigenvalue weighted by Gasteiger charge is 2.54. The summed E-state index contributed by atoms with van der Waals surface area (Å²) in [6, 6.07) is 0. The molecule has 12 bridgehead atoms. The van der Waals surface area contributed by atoms with Gasteiger partial charge in [-0.05, 0) is 156 Å². The van der Waals surface area contributed by atoms with Crippen molar-refractivity contribution in [1.82, 2.24) is 30.4 Å². The van der Waals surface area contributed by atoms with E-state index in [0.717, 1.165) is 82.3 Å². The third-order valence-corrected chi connectivity index (χ3v) is 22.4. The van der Waals surface area contributed by atoms with Gasteiger partial charge in [0.1, 0.15) is 0 Å². The first-order chi connectivity index (χ1) is 49.2. The average Bonchev–Trinajstić information content (AvgIpc) is 1.30. The van der Waals surface area contributed by atoms with Crippen molar-refractivity contribution in [3.05, 3.63) is 24.3 Å². The fourth-order valence-electron chi connectivity index (χ4n) is 18.6. The number of hydrogen-bond donors (Lipinski definition) is 3. The molecule has 0 spiro atoms. The highest BCUT2D eigenvalue weighted by molar-refractivity contribution is 8.00. The molecule has 2 saturated heterocycles. The summed E-state index contributed by atoms with van der Waals surface area (Å²) < 4.78 is 32.3. The number of amides is 10. The lowest BCUT2D eigenvalue weighted by atomic mass is 9.53. The van der Waals surface area contributed by atoms with Crippen molar-refractivity contribution < 1.29 is 104 Å². The van der Waals surface area contributed by atoms with Crippen molar-refractivity contribution in [2.45, 2.75) is 231 Å². The van der Waals surface area contributed by atoms with Gasteiger partial charge in [0.2, 0.25) is 23.6 Å². The Bertz CT molecular complexity index is 2680. The van der Waals surface area contributed by atoms with E-state index in [-0.39, 0.29) is 148 Å². The van der Waals surface area contributed by atoms with Gasteiger partial charge in [-0.2, -0.15) is 11.8 Å². The first-order valence-electron chi connectivity index (χ1n) is 38.7. The Kier molecular flexibility index (Phi) is 38.5. The summed E-state index contributed by atoms with van der Waals surface area (Å²) >= 11 is 1.41. The fourth-order valence-corrected chi connectivity index (χ4v) is 19.3. The highest BCUT2D eigenvalue weighted by Crippen LogP contribution is 2.57. The van der Waals surface area contributed by atoms with Crippen molar-refractivity contribution >= 4 is 76.8 Å². The number of imide groups is 4. The number of likely N-dealkylation sites (tertiary alicyclic amines) is 1. The Morgan fingerprint density at radius 1 is 0.417 bits per heavy atom. The van der Waals surface area contributed by atoms with Crippen LogP contribution in [0.1, 0.15) is 209 Å². The first-order valence-corrected chi connectivity index (χ1v) is 40.0. The minimum atomic E-state index is -0.733. The van der Waals surface area contributed by atoms with Gasteiger partial charge in [0.15, 0.2) is 0 Å². The summed E-state index contributed by atoms with van der Waals surface area (Å²) in [5.41, 5.74) is 5.11. The van der Waals surface area contributed by atoms with Gasteiger partial charge in [0.25, 0.3) is 35.4 Å². The number of hydroxylamine groups is 2. The van der Waals surface area contributed by atoms with Gasteiger partial charge in [0, 0.05) is 86.7 Å². The van der Waals surface area contributed by atoms with E-state index < -0.39 is 17.8 Å². The molecule has 14 fully saturated rings. The molecule has 1 unspecified atom stereocenters. The molecule has 0 aromatic carbocycles. The van der Waals surface area contributed by atoms with Crippen LogP contribution >= 0.6 is 11.8 Å². The second-order valence-corrected chi connectivity index (χ2v) is 30.1. The number of quaternary nitrogens is 1. The van der Waals surface area contributed by atoms with Crippen LogP contribution in [0, 0.1) is 53.3 Å². The number of nitrogens with one attached hydrogen (secondary N) is 2. The summed E-state index contributed by atoms with van der Waals surface area (Å²) in [5.74, 6) is 5.03. The van der Waals surface area contributed by atoms with E-state index in [9.17, 15) is 52.7 Å². The lowest BCUT2D eigenvalue weighted by molar-refractivity contribution is -0.504. The lowest BCUT2D eigenvalue weighted by Crippen LogP contribution is -3.00. The van der Waals surface area contributed by atoms with Crippen LogP contribution in [-0.4, -0.2) is 212 Å². The van der Waals surface area contributed by atoms with E-state index in [1.807, 2.05) is 61.6 Å². The number of carbonyl (C=O) groups excluding carboxylic acids is 11. The van der Waals surface area contributed by atoms with Gasteiger partial charge in [-0.15, -0.1) is 5.06 Å². The third kappa shape index (κ3) is 26.9. The molecule has 1 atom stereocenters. The van der Waals surface area contributed by atoms with Gasteiger partial charge in [-0.1, -0.05) is 55.4 Å². The fraction of sp³-hybridized carbons (Fsp3) is 0.803. The van der Waals surface area contributed by atoms with Crippen LogP contribution in [0.2, 0.25) is 0 Å². The van der Waals surface area contributed by atoms with Crippen LogP contribution in [0.4, 0.5) is 0 Å². The van der Waals surface area contributed by atoms with Crippen molar-refractivity contribution in [2.75, 3.05) is 105 Å². The van der Waals surface area contributed by atoms with Crippen molar-refractivity contribution in [1.29, 1.82) is 0 Å². The molecule has 0 aromatic rings. The maximum absolute atomic E-state index is 12.4. The quantitative estimate of drug-likeness (QED) is 0.0628. The number of carbonyl (C=O) groups is 11. The molecule has 0 aromatic heterocycles. The van der Waals surface area contributed by atoms with Gasteiger partial charge in [-0.25, -0.2) is 4.79 Å². The largest absolute Gasteiger partial charge is 1.00 e. The summed E-state index contributed by atoms with van der Waals surface area (Å²) in [7, 11) is 0. The third-order valence-electron chi connectivity index (χ3n) is 21.4. The molecule has 10 amide bonds. The zero-order valence-corrected chi connectivity index (χ0v) is 64.9. The summed E-state index contributed by atoms with van der Waals surface area (Å²) in [5, 5.41) is 6.95. The summed E-state index contributed by atoms with van der Waals surface area (Å²) in [4.78, 5) is 136. The zero-order valence-electron chi connectivity index (χ0n) is 63.3. The van der Waals surface area contributed by atoms with E-state index in [1.54, 1.807) is 19.3 Å². The van der Waals surface area contributed by atoms with E-state index in [4.69, 9.17) is 28.4 Å².